The molecule has 0 saturated heterocycles. The van der Waals surface area contributed by atoms with Gasteiger partial charge in [0.05, 0.1) is 12.6 Å². The van der Waals surface area contributed by atoms with Gasteiger partial charge < -0.3 is 20.1 Å². The van der Waals surface area contributed by atoms with Crippen LogP contribution in [-0.4, -0.2) is 48.5 Å². The second-order valence-corrected chi connectivity index (χ2v) is 4.95. The number of hydrogen-bond donors (Lipinski definition) is 2. The first kappa shape index (κ1) is 19.1. The summed E-state index contributed by atoms with van der Waals surface area (Å²) in [5.74, 6) is 0.111. The van der Waals surface area contributed by atoms with E-state index in [1.54, 1.807) is 26.0 Å². The normalized spacial score (nSPS) is 12.6. The number of carbonyl (C=O) groups excluding carboxylic acids is 1. The summed E-state index contributed by atoms with van der Waals surface area (Å²) in [6.07, 6.45) is -4.38. The molecule has 130 valence electrons. The van der Waals surface area contributed by atoms with Crippen LogP contribution in [0.1, 0.15) is 25.5 Å². The number of hydrogen-bond acceptors (Lipinski definition) is 3. The van der Waals surface area contributed by atoms with Crippen LogP contribution in [0.5, 0.6) is 5.75 Å². The molecule has 1 rings (SSSR count). The topological polar surface area (TPSA) is 61.8 Å². The van der Waals surface area contributed by atoms with Gasteiger partial charge in [-0.1, -0.05) is 12.1 Å². The molecule has 5 nitrogen and oxygen atoms in total. The van der Waals surface area contributed by atoms with Crippen LogP contribution in [0.25, 0.3) is 0 Å². The minimum absolute atomic E-state index is 0.111. The molecule has 0 heterocycles. The molecule has 0 spiro atoms. The van der Waals surface area contributed by atoms with Gasteiger partial charge in [-0.25, -0.2) is 4.79 Å². The largest absolute Gasteiger partial charge is 0.484 e. The molecule has 0 aliphatic rings. The Hall–Kier alpha value is -1.96. The summed E-state index contributed by atoms with van der Waals surface area (Å²) >= 11 is 0. The van der Waals surface area contributed by atoms with Gasteiger partial charge in [0.25, 0.3) is 0 Å². The summed E-state index contributed by atoms with van der Waals surface area (Å²) in [4.78, 5) is 13.4. The zero-order valence-corrected chi connectivity index (χ0v) is 13.1. The van der Waals surface area contributed by atoms with Crippen molar-refractivity contribution in [3.63, 3.8) is 0 Å². The van der Waals surface area contributed by atoms with Gasteiger partial charge >= 0.3 is 12.2 Å². The number of halogens is 3. The van der Waals surface area contributed by atoms with Crippen molar-refractivity contribution in [1.29, 1.82) is 0 Å². The predicted octanol–water partition coefficient (Wildman–Crippen LogP) is 2.71. The number of aliphatic hydroxyl groups is 1. The van der Waals surface area contributed by atoms with Crippen molar-refractivity contribution in [2.75, 3.05) is 26.3 Å². The number of rotatable bonds is 7. The van der Waals surface area contributed by atoms with Crippen molar-refractivity contribution in [1.82, 2.24) is 10.2 Å². The van der Waals surface area contributed by atoms with Crippen LogP contribution in [-0.2, 0) is 0 Å². The van der Waals surface area contributed by atoms with E-state index in [2.05, 4.69) is 10.1 Å². The number of carbonyl (C=O) groups is 1. The predicted molar refractivity (Wildman–Crippen MR) is 79.3 cm³/mol. The Morgan fingerprint density at radius 1 is 1.35 bits per heavy atom. The minimum Gasteiger partial charge on any atom is -0.484 e. The molecule has 2 N–H and O–H groups in total. The fourth-order valence-corrected chi connectivity index (χ4v) is 1.90. The maximum absolute atomic E-state index is 12.1. The quantitative estimate of drug-likeness (QED) is 0.806. The van der Waals surface area contributed by atoms with E-state index >= 15 is 0 Å². The molecular weight excluding hydrogens is 313 g/mol. The average molecular weight is 334 g/mol. The maximum atomic E-state index is 12.1. The van der Waals surface area contributed by atoms with Crippen molar-refractivity contribution < 1.29 is 27.8 Å². The average Bonchev–Trinajstić information content (AvgIpc) is 2.50. The van der Waals surface area contributed by atoms with E-state index in [1.165, 1.54) is 17.0 Å². The molecule has 0 saturated carbocycles. The van der Waals surface area contributed by atoms with E-state index in [0.717, 1.165) is 5.56 Å². The number of alkyl halides is 3. The summed E-state index contributed by atoms with van der Waals surface area (Å²) < 4.78 is 40.8. The minimum atomic E-state index is -4.38. The fourth-order valence-electron chi connectivity index (χ4n) is 1.90. The molecule has 0 radical (unpaired) electrons. The van der Waals surface area contributed by atoms with E-state index in [4.69, 9.17) is 5.11 Å². The van der Waals surface area contributed by atoms with Crippen LogP contribution in [0, 0.1) is 0 Å². The van der Waals surface area contributed by atoms with Gasteiger partial charge in [0, 0.05) is 13.1 Å². The van der Waals surface area contributed by atoms with Gasteiger partial charge in [-0.05, 0) is 31.5 Å². The standard InChI is InChI=1S/C15H21F3N2O3/c1-3-20(8-9-21)14(22)19-11(2)12-4-6-13(7-5-12)23-10-15(16,17)18/h4-7,11,21H,3,8-10H2,1-2H3,(H,19,22). The Bertz CT molecular complexity index is 492. The second kappa shape index (κ2) is 8.61. The van der Waals surface area contributed by atoms with Crippen molar-refractivity contribution >= 4 is 6.03 Å². The third-order valence-electron chi connectivity index (χ3n) is 3.16. The molecule has 1 aromatic rings. The van der Waals surface area contributed by atoms with E-state index < -0.39 is 12.8 Å². The first-order valence-corrected chi connectivity index (χ1v) is 7.22. The number of aliphatic hydroxyl groups excluding tert-OH is 1. The van der Waals surface area contributed by atoms with Crippen molar-refractivity contribution in [3.8, 4) is 5.75 Å². The summed E-state index contributed by atoms with van der Waals surface area (Å²) in [7, 11) is 0. The van der Waals surface area contributed by atoms with E-state index in [0.29, 0.717) is 6.54 Å². The molecule has 0 aliphatic heterocycles. The van der Waals surface area contributed by atoms with E-state index in [1.807, 2.05) is 0 Å². The van der Waals surface area contributed by atoms with Crippen molar-refractivity contribution in [2.45, 2.75) is 26.1 Å². The number of ether oxygens (including phenoxy) is 1. The molecule has 0 bridgehead atoms. The molecule has 0 aliphatic carbocycles. The first-order chi connectivity index (χ1) is 10.8. The van der Waals surface area contributed by atoms with Crippen LogP contribution in [0.3, 0.4) is 0 Å². The van der Waals surface area contributed by atoms with Gasteiger partial charge in [0.2, 0.25) is 0 Å². The van der Waals surface area contributed by atoms with Gasteiger partial charge in [-0.3, -0.25) is 0 Å². The summed E-state index contributed by atoms with van der Waals surface area (Å²) in [6.45, 7) is 2.79. The zero-order valence-electron chi connectivity index (χ0n) is 13.1. The molecule has 8 heteroatoms. The third-order valence-corrected chi connectivity index (χ3v) is 3.16. The summed E-state index contributed by atoms with van der Waals surface area (Å²) in [5, 5.41) is 11.7. The lowest BCUT2D eigenvalue weighted by Crippen LogP contribution is -2.42. The summed E-state index contributed by atoms with van der Waals surface area (Å²) in [5.41, 5.74) is 0.734. The first-order valence-electron chi connectivity index (χ1n) is 7.22. The number of likely N-dealkylation sites (N-methyl/N-ethyl adjacent to an activating group) is 1. The van der Waals surface area contributed by atoms with Crippen LogP contribution in [0.2, 0.25) is 0 Å². The van der Waals surface area contributed by atoms with Gasteiger partial charge in [-0.2, -0.15) is 13.2 Å². The number of urea groups is 1. The second-order valence-electron chi connectivity index (χ2n) is 4.95. The fraction of sp³-hybridized carbons (Fsp3) is 0.533. The third kappa shape index (κ3) is 6.77. The molecule has 1 unspecified atom stereocenters. The number of benzene rings is 1. The summed E-state index contributed by atoms with van der Waals surface area (Å²) in [6, 6.07) is 5.40. The molecule has 0 aromatic heterocycles. The van der Waals surface area contributed by atoms with E-state index in [9.17, 15) is 18.0 Å². The maximum Gasteiger partial charge on any atom is 0.422 e. The Kier molecular flexibility index (Phi) is 7.15. The van der Waals surface area contributed by atoms with Crippen LogP contribution < -0.4 is 10.1 Å². The van der Waals surface area contributed by atoms with E-state index in [-0.39, 0.29) is 31.0 Å². The van der Waals surface area contributed by atoms with Gasteiger partial charge in [0.1, 0.15) is 5.75 Å². The van der Waals surface area contributed by atoms with Crippen LogP contribution in [0.4, 0.5) is 18.0 Å². The highest BCUT2D eigenvalue weighted by molar-refractivity contribution is 5.74. The Labute approximate surface area is 133 Å². The smallest absolute Gasteiger partial charge is 0.422 e. The highest BCUT2D eigenvalue weighted by atomic mass is 19.4. The lowest BCUT2D eigenvalue weighted by atomic mass is 10.1. The molecule has 1 atom stereocenters. The van der Waals surface area contributed by atoms with Crippen LogP contribution >= 0.6 is 0 Å². The highest BCUT2D eigenvalue weighted by Gasteiger charge is 2.28. The SMILES string of the molecule is CCN(CCO)C(=O)NC(C)c1ccc(OCC(F)(F)F)cc1. The lowest BCUT2D eigenvalue weighted by molar-refractivity contribution is -0.153. The lowest BCUT2D eigenvalue weighted by Gasteiger charge is -2.23. The Balaban J connectivity index is 2.60. The highest BCUT2D eigenvalue weighted by Crippen LogP contribution is 2.21. The van der Waals surface area contributed by atoms with Gasteiger partial charge in [0.15, 0.2) is 6.61 Å². The molecule has 0 fully saturated rings. The van der Waals surface area contributed by atoms with Gasteiger partial charge in [-0.15, -0.1) is 0 Å². The zero-order chi connectivity index (χ0) is 17.5. The number of nitrogens with zero attached hydrogens (tertiary/aromatic N) is 1. The van der Waals surface area contributed by atoms with Crippen LogP contribution in [0.15, 0.2) is 24.3 Å². The molecule has 1 aromatic carbocycles. The number of amides is 2. The Morgan fingerprint density at radius 3 is 2.43 bits per heavy atom. The monoisotopic (exact) mass is 334 g/mol. The van der Waals surface area contributed by atoms with Crippen molar-refractivity contribution in [2.24, 2.45) is 0 Å². The Morgan fingerprint density at radius 2 is 1.96 bits per heavy atom. The molecular formula is C15H21F3N2O3. The number of nitrogens with one attached hydrogen (secondary N) is 1. The van der Waals surface area contributed by atoms with Crippen molar-refractivity contribution in [3.05, 3.63) is 29.8 Å². The molecule has 23 heavy (non-hydrogen) atoms. The molecule has 2 amide bonds.